The van der Waals surface area contributed by atoms with E-state index in [0.717, 1.165) is 5.56 Å². The average Bonchev–Trinajstić information content (AvgIpc) is 3.09. The second-order valence-corrected chi connectivity index (χ2v) is 7.95. The maximum absolute atomic E-state index is 12.1. The molecule has 0 bridgehead atoms. The highest BCUT2D eigenvalue weighted by Crippen LogP contribution is 2.32. The van der Waals surface area contributed by atoms with Crippen LogP contribution in [0.25, 0.3) is 0 Å². The van der Waals surface area contributed by atoms with Gasteiger partial charge in [0.25, 0.3) is 5.91 Å². The molecule has 0 atom stereocenters. The molecular weight excluding hydrogens is 380 g/mol. The lowest BCUT2D eigenvalue weighted by Crippen LogP contribution is -2.34. The number of rotatable bonds is 7. The van der Waals surface area contributed by atoms with Crippen molar-refractivity contribution in [3.05, 3.63) is 58.6 Å². The van der Waals surface area contributed by atoms with Crippen LogP contribution in [-0.4, -0.2) is 33.4 Å². The summed E-state index contributed by atoms with van der Waals surface area (Å²) < 4.78 is 36.9. The van der Waals surface area contributed by atoms with Crippen molar-refractivity contribution in [2.75, 3.05) is 19.1 Å². The van der Waals surface area contributed by atoms with Crippen LogP contribution in [0.2, 0.25) is 5.02 Å². The van der Waals surface area contributed by atoms with Crippen LogP contribution >= 0.6 is 11.6 Å². The quantitative estimate of drug-likeness (QED) is 0.745. The molecule has 7 nitrogen and oxygen atoms in total. The molecule has 0 aliphatic carbocycles. The molecule has 1 heterocycles. The van der Waals surface area contributed by atoms with E-state index < -0.39 is 10.0 Å². The van der Waals surface area contributed by atoms with E-state index in [1.807, 2.05) is 0 Å². The lowest BCUT2D eigenvalue weighted by Gasteiger charge is -2.09. The van der Waals surface area contributed by atoms with Gasteiger partial charge in [0.05, 0.1) is 5.75 Å². The predicted octanol–water partition coefficient (Wildman–Crippen LogP) is 1.92. The van der Waals surface area contributed by atoms with Crippen molar-refractivity contribution >= 4 is 27.5 Å². The predicted molar refractivity (Wildman–Crippen MR) is 97.0 cm³/mol. The first kappa shape index (κ1) is 18.5. The van der Waals surface area contributed by atoms with Gasteiger partial charge in [0.15, 0.2) is 11.5 Å². The first-order valence-corrected chi connectivity index (χ1v) is 9.86. The molecule has 138 valence electrons. The second-order valence-electron chi connectivity index (χ2n) is 5.59. The number of amides is 1. The van der Waals surface area contributed by atoms with Gasteiger partial charge >= 0.3 is 0 Å². The molecule has 1 aliphatic heterocycles. The largest absolute Gasteiger partial charge is 0.454 e. The number of hydrogen-bond acceptors (Lipinski definition) is 5. The summed E-state index contributed by atoms with van der Waals surface area (Å²) in [5, 5.41) is 3.17. The van der Waals surface area contributed by atoms with E-state index in [1.54, 1.807) is 42.5 Å². The van der Waals surface area contributed by atoms with Gasteiger partial charge in [-0.25, -0.2) is 13.1 Å². The smallest absolute Gasteiger partial charge is 0.251 e. The fraction of sp³-hybridized carbons (Fsp3) is 0.235. The topological polar surface area (TPSA) is 93.7 Å². The summed E-state index contributed by atoms with van der Waals surface area (Å²) in [6.07, 6.45) is 0. The van der Waals surface area contributed by atoms with E-state index in [2.05, 4.69) is 10.0 Å². The van der Waals surface area contributed by atoms with E-state index in [4.69, 9.17) is 21.1 Å². The second kappa shape index (κ2) is 7.94. The SMILES string of the molecule is O=C(NCCS(=O)(=O)NCc1ccc(Cl)cc1)c1ccc2c(c1)OCO2. The van der Waals surface area contributed by atoms with Gasteiger partial charge in [-0.15, -0.1) is 0 Å². The van der Waals surface area contributed by atoms with Crippen molar-refractivity contribution < 1.29 is 22.7 Å². The number of fused-ring (bicyclic) bond motifs is 1. The highest BCUT2D eigenvalue weighted by Gasteiger charge is 2.17. The van der Waals surface area contributed by atoms with E-state index in [0.29, 0.717) is 22.1 Å². The number of halogens is 1. The van der Waals surface area contributed by atoms with Crippen LogP contribution in [-0.2, 0) is 16.6 Å². The zero-order valence-corrected chi connectivity index (χ0v) is 15.3. The van der Waals surface area contributed by atoms with Gasteiger partial charge in [-0.2, -0.15) is 0 Å². The van der Waals surface area contributed by atoms with Crippen molar-refractivity contribution in [1.29, 1.82) is 0 Å². The molecule has 1 amide bonds. The Bertz CT molecular complexity index is 900. The fourth-order valence-corrected chi connectivity index (χ4v) is 3.33. The van der Waals surface area contributed by atoms with Gasteiger partial charge in [0.1, 0.15) is 0 Å². The maximum Gasteiger partial charge on any atom is 0.251 e. The van der Waals surface area contributed by atoms with Crippen LogP contribution in [0.3, 0.4) is 0 Å². The molecular formula is C17H17ClN2O5S. The third kappa shape index (κ3) is 4.87. The van der Waals surface area contributed by atoms with Gasteiger partial charge in [0.2, 0.25) is 16.8 Å². The van der Waals surface area contributed by atoms with Crippen molar-refractivity contribution in [2.24, 2.45) is 0 Å². The minimum Gasteiger partial charge on any atom is -0.454 e. The van der Waals surface area contributed by atoms with Crippen molar-refractivity contribution in [1.82, 2.24) is 10.0 Å². The molecule has 2 N–H and O–H groups in total. The van der Waals surface area contributed by atoms with Crippen molar-refractivity contribution in [3.8, 4) is 11.5 Å². The third-order valence-corrected chi connectivity index (χ3v) is 5.28. The standard InChI is InChI=1S/C17H17ClN2O5S/c18-14-4-1-12(2-5-14)10-20-26(22,23)8-7-19-17(21)13-3-6-15-16(9-13)25-11-24-15/h1-6,9,20H,7-8,10-11H2,(H,19,21). The number of nitrogens with one attached hydrogen (secondary N) is 2. The minimum absolute atomic E-state index is 0.0107. The van der Waals surface area contributed by atoms with E-state index >= 15 is 0 Å². The van der Waals surface area contributed by atoms with Gasteiger partial charge in [-0.3, -0.25) is 4.79 Å². The van der Waals surface area contributed by atoms with Crippen LogP contribution in [0.1, 0.15) is 15.9 Å². The molecule has 0 spiro atoms. The lowest BCUT2D eigenvalue weighted by molar-refractivity contribution is 0.0955. The monoisotopic (exact) mass is 396 g/mol. The maximum atomic E-state index is 12.1. The molecule has 9 heteroatoms. The van der Waals surface area contributed by atoms with Crippen LogP contribution in [0.15, 0.2) is 42.5 Å². The first-order chi connectivity index (χ1) is 12.4. The van der Waals surface area contributed by atoms with Gasteiger partial charge in [-0.1, -0.05) is 23.7 Å². The summed E-state index contributed by atoms with van der Waals surface area (Å²) in [6, 6.07) is 11.7. The Labute approximate surface area is 156 Å². The molecule has 0 unspecified atom stereocenters. The van der Waals surface area contributed by atoms with Crippen LogP contribution in [0.4, 0.5) is 0 Å². The minimum atomic E-state index is -3.52. The molecule has 2 aromatic rings. The van der Waals surface area contributed by atoms with E-state index in [1.165, 1.54) is 0 Å². The number of ether oxygens (including phenoxy) is 2. The van der Waals surface area contributed by atoms with Crippen LogP contribution < -0.4 is 19.5 Å². The fourth-order valence-electron chi connectivity index (χ4n) is 2.31. The normalized spacial score (nSPS) is 12.8. The van der Waals surface area contributed by atoms with Gasteiger partial charge < -0.3 is 14.8 Å². The third-order valence-electron chi connectivity index (χ3n) is 3.70. The molecule has 2 aromatic carbocycles. The Hall–Kier alpha value is -2.29. The molecule has 0 aromatic heterocycles. The summed E-state index contributed by atoms with van der Waals surface area (Å²) >= 11 is 5.79. The Kier molecular flexibility index (Phi) is 5.65. The molecule has 0 fully saturated rings. The Morgan fingerprint density at radius 1 is 1.08 bits per heavy atom. The molecule has 0 radical (unpaired) electrons. The van der Waals surface area contributed by atoms with Gasteiger partial charge in [-0.05, 0) is 35.9 Å². The van der Waals surface area contributed by atoms with E-state index in [-0.39, 0.29) is 31.5 Å². The Morgan fingerprint density at radius 3 is 2.58 bits per heavy atom. The highest BCUT2D eigenvalue weighted by atomic mass is 35.5. The number of carbonyl (C=O) groups is 1. The summed E-state index contributed by atoms with van der Waals surface area (Å²) in [5.41, 5.74) is 1.17. The lowest BCUT2D eigenvalue weighted by atomic mass is 10.2. The molecule has 0 saturated carbocycles. The molecule has 3 rings (SSSR count). The van der Waals surface area contributed by atoms with Crippen molar-refractivity contribution in [2.45, 2.75) is 6.54 Å². The summed E-state index contributed by atoms with van der Waals surface area (Å²) in [5.74, 6) is 0.471. The van der Waals surface area contributed by atoms with Gasteiger partial charge in [0, 0.05) is 23.7 Å². The number of hydrogen-bond donors (Lipinski definition) is 2. The van der Waals surface area contributed by atoms with Crippen LogP contribution in [0.5, 0.6) is 11.5 Å². The Morgan fingerprint density at radius 2 is 1.81 bits per heavy atom. The number of sulfonamides is 1. The molecule has 0 saturated heterocycles. The number of carbonyl (C=O) groups excluding carboxylic acids is 1. The summed E-state index contributed by atoms with van der Waals surface area (Å²) in [4.78, 5) is 12.1. The summed E-state index contributed by atoms with van der Waals surface area (Å²) in [7, 11) is -3.52. The molecule has 26 heavy (non-hydrogen) atoms. The Balaban J connectivity index is 1.47. The summed E-state index contributed by atoms with van der Waals surface area (Å²) in [6.45, 7) is 0.275. The zero-order chi connectivity index (χ0) is 18.6. The van der Waals surface area contributed by atoms with E-state index in [9.17, 15) is 13.2 Å². The highest BCUT2D eigenvalue weighted by molar-refractivity contribution is 7.89. The number of benzene rings is 2. The average molecular weight is 397 g/mol. The first-order valence-electron chi connectivity index (χ1n) is 7.82. The van der Waals surface area contributed by atoms with Crippen molar-refractivity contribution in [3.63, 3.8) is 0 Å². The van der Waals surface area contributed by atoms with Crippen LogP contribution in [0, 0.1) is 0 Å². The molecule has 1 aliphatic rings. The zero-order valence-electron chi connectivity index (χ0n) is 13.7.